The summed E-state index contributed by atoms with van der Waals surface area (Å²) in [4.78, 5) is 14.2. The van der Waals surface area contributed by atoms with Crippen molar-refractivity contribution in [3.8, 4) is 5.75 Å². The second-order valence-electron chi connectivity index (χ2n) is 12.1. The van der Waals surface area contributed by atoms with Crippen molar-refractivity contribution < 1.29 is 40.6 Å². The van der Waals surface area contributed by atoms with Crippen LogP contribution < -0.4 is 4.74 Å². The lowest BCUT2D eigenvalue weighted by molar-refractivity contribution is -0.146. The smallest absolute Gasteiger partial charge is 0.416 e. The largest absolute Gasteiger partial charge is 0.487 e. The number of nitrogens with zero attached hydrogens (tertiary/aromatic N) is 1. The normalized spacial score (nSPS) is 21.3. The Kier molecular flexibility index (Phi) is 8.33. The van der Waals surface area contributed by atoms with E-state index in [0.29, 0.717) is 50.0 Å². The van der Waals surface area contributed by atoms with Crippen molar-refractivity contribution in [2.45, 2.75) is 88.7 Å². The van der Waals surface area contributed by atoms with Crippen LogP contribution >= 0.6 is 0 Å². The summed E-state index contributed by atoms with van der Waals surface area (Å²) < 4.78 is 93.7. The van der Waals surface area contributed by atoms with Crippen molar-refractivity contribution in [1.82, 2.24) is 4.90 Å². The van der Waals surface area contributed by atoms with Gasteiger partial charge in [-0.1, -0.05) is 26.0 Å². The lowest BCUT2D eigenvalue weighted by Gasteiger charge is -2.47. The molecule has 0 aromatic heterocycles. The molecule has 2 aliphatic heterocycles. The average Bonchev–Trinajstić information content (AvgIpc) is 3.78. The number of carbonyl (C=O) groups excluding carboxylic acids is 1. The van der Waals surface area contributed by atoms with Crippen LogP contribution in [0.2, 0.25) is 0 Å². The van der Waals surface area contributed by atoms with Crippen molar-refractivity contribution in [3.63, 3.8) is 0 Å². The fourth-order valence-corrected chi connectivity index (χ4v) is 7.03. The summed E-state index contributed by atoms with van der Waals surface area (Å²) >= 11 is 0. The average molecular weight is 598 g/mol. The van der Waals surface area contributed by atoms with E-state index in [-0.39, 0.29) is 29.8 Å². The van der Waals surface area contributed by atoms with Gasteiger partial charge in [-0.05, 0) is 97.7 Å². The Morgan fingerprint density at radius 3 is 2.29 bits per heavy atom. The van der Waals surface area contributed by atoms with Crippen LogP contribution in [-0.4, -0.2) is 36.7 Å². The van der Waals surface area contributed by atoms with Gasteiger partial charge in [0.15, 0.2) is 0 Å². The van der Waals surface area contributed by atoms with Crippen LogP contribution in [-0.2, 0) is 28.3 Å². The first-order valence-corrected chi connectivity index (χ1v) is 14.7. The molecule has 1 aliphatic carbocycles. The Labute approximate surface area is 242 Å². The van der Waals surface area contributed by atoms with Crippen LogP contribution in [0.1, 0.15) is 92.1 Å². The van der Waals surface area contributed by atoms with Gasteiger partial charge in [-0.3, -0.25) is 9.69 Å². The Balaban J connectivity index is 1.35. The molecule has 1 saturated carbocycles. The number of hydrogen-bond acceptors (Lipinski definition) is 4. The molecule has 0 radical (unpaired) electrons. The maximum atomic E-state index is 13.9. The third-order valence-corrected chi connectivity index (χ3v) is 9.47. The van der Waals surface area contributed by atoms with Crippen LogP contribution in [0, 0.1) is 11.8 Å². The summed E-state index contributed by atoms with van der Waals surface area (Å²) in [6.07, 6.45) is -4.48. The number of carbonyl (C=O) groups is 1. The predicted molar refractivity (Wildman–Crippen MR) is 145 cm³/mol. The monoisotopic (exact) mass is 597 g/mol. The number of fused-ring (bicyclic) bond motifs is 1. The molecule has 42 heavy (non-hydrogen) atoms. The fourth-order valence-electron chi connectivity index (χ4n) is 7.03. The molecule has 4 nitrogen and oxygen atoms in total. The number of rotatable bonds is 7. The van der Waals surface area contributed by atoms with Gasteiger partial charge in [0, 0.05) is 19.1 Å². The number of esters is 1. The first-order chi connectivity index (χ1) is 19.8. The molecule has 10 heteroatoms. The first-order valence-electron chi connectivity index (χ1n) is 14.7. The summed E-state index contributed by atoms with van der Waals surface area (Å²) in [5.74, 6) is 0.700. The molecule has 3 atom stereocenters. The Hall–Kier alpha value is -2.75. The lowest BCUT2D eigenvalue weighted by Crippen LogP contribution is -2.50. The number of aryl methyl sites for hydroxylation is 1. The highest BCUT2D eigenvalue weighted by atomic mass is 19.4. The highest BCUT2D eigenvalue weighted by Gasteiger charge is 2.44. The van der Waals surface area contributed by atoms with E-state index in [1.807, 2.05) is 17.9 Å². The van der Waals surface area contributed by atoms with Crippen molar-refractivity contribution in [2.75, 3.05) is 20.2 Å². The molecule has 1 spiro atoms. The van der Waals surface area contributed by atoms with Crippen molar-refractivity contribution in [3.05, 3.63) is 64.2 Å². The molecule has 230 valence electrons. The molecular formula is C32H37F6NO3. The number of ether oxygens (including phenoxy) is 2. The van der Waals surface area contributed by atoms with Crippen LogP contribution in [0.5, 0.6) is 5.75 Å². The van der Waals surface area contributed by atoms with Gasteiger partial charge < -0.3 is 9.47 Å². The zero-order valence-corrected chi connectivity index (χ0v) is 24.1. The minimum atomic E-state index is -4.76. The summed E-state index contributed by atoms with van der Waals surface area (Å²) in [6, 6.07) is 7.10. The summed E-state index contributed by atoms with van der Waals surface area (Å²) in [7, 11) is 1.40. The van der Waals surface area contributed by atoms with Crippen molar-refractivity contribution in [2.24, 2.45) is 11.8 Å². The number of methoxy groups -OCH3 is 1. The summed E-state index contributed by atoms with van der Waals surface area (Å²) in [5, 5.41) is 0. The number of benzene rings is 2. The first kappa shape index (κ1) is 30.7. The zero-order valence-electron chi connectivity index (χ0n) is 24.1. The van der Waals surface area contributed by atoms with Gasteiger partial charge in [0.1, 0.15) is 11.4 Å². The topological polar surface area (TPSA) is 38.8 Å². The van der Waals surface area contributed by atoms with E-state index in [4.69, 9.17) is 9.47 Å². The maximum absolute atomic E-state index is 13.9. The number of hydrogen-bond donors (Lipinski definition) is 0. The van der Waals surface area contributed by atoms with Gasteiger partial charge in [0.2, 0.25) is 0 Å². The lowest BCUT2D eigenvalue weighted by atomic mass is 9.80. The minimum absolute atomic E-state index is 0.0340. The van der Waals surface area contributed by atoms with Gasteiger partial charge >= 0.3 is 18.3 Å². The Bertz CT molecular complexity index is 1290. The quantitative estimate of drug-likeness (QED) is 0.238. The zero-order chi connectivity index (χ0) is 30.4. The van der Waals surface area contributed by atoms with Gasteiger partial charge in [-0.2, -0.15) is 26.3 Å². The van der Waals surface area contributed by atoms with Crippen LogP contribution in [0.25, 0.3) is 0 Å². The van der Waals surface area contributed by atoms with E-state index < -0.39 is 35.1 Å². The highest BCUT2D eigenvalue weighted by Crippen LogP contribution is 2.49. The summed E-state index contributed by atoms with van der Waals surface area (Å²) in [5.41, 5.74) is -0.808. The SMILES string of the molecule is CC[C@H](c1cc(C(F)(F)F)ccc1C(F)(F)F)N1CCC2(CCc3ccc([C@H](C4CC4)[C@H](C)C(=O)OC)cc3O2)CC1. The molecular weight excluding hydrogens is 560 g/mol. The van der Waals surface area contributed by atoms with Gasteiger partial charge in [-0.15, -0.1) is 0 Å². The van der Waals surface area contributed by atoms with Crippen LogP contribution in [0.15, 0.2) is 36.4 Å². The van der Waals surface area contributed by atoms with E-state index in [9.17, 15) is 31.1 Å². The van der Waals surface area contributed by atoms with Crippen molar-refractivity contribution in [1.29, 1.82) is 0 Å². The Morgan fingerprint density at radius 2 is 1.71 bits per heavy atom. The molecule has 2 aromatic rings. The van der Waals surface area contributed by atoms with Gasteiger partial charge in [0.25, 0.3) is 0 Å². The maximum Gasteiger partial charge on any atom is 0.416 e. The third kappa shape index (κ3) is 6.15. The molecule has 0 amide bonds. The van der Waals surface area contributed by atoms with E-state index in [1.165, 1.54) is 7.11 Å². The highest BCUT2D eigenvalue weighted by molar-refractivity contribution is 5.73. The second kappa shape index (κ2) is 11.4. The van der Waals surface area contributed by atoms with Crippen LogP contribution in [0.4, 0.5) is 26.3 Å². The van der Waals surface area contributed by atoms with E-state index in [0.717, 1.165) is 42.6 Å². The minimum Gasteiger partial charge on any atom is -0.487 e. The van der Waals surface area contributed by atoms with Crippen LogP contribution in [0.3, 0.4) is 0 Å². The van der Waals surface area contributed by atoms with Gasteiger partial charge in [0.05, 0.1) is 24.2 Å². The number of likely N-dealkylation sites (tertiary alicyclic amines) is 1. The number of halogens is 6. The number of alkyl halides is 6. The van der Waals surface area contributed by atoms with E-state index in [1.54, 1.807) is 6.92 Å². The molecule has 0 unspecified atom stereocenters. The summed E-state index contributed by atoms with van der Waals surface area (Å²) in [6.45, 7) is 4.41. The molecule has 2 heterocycles. The molecule has 1 saturated heterocycles. The number of piperidine rings is 1. The Morgan fingerprint density at radius 1 is 1.02 bits per heavy atom. The van der Waals surface area contributed by atoms with Gasteiger partial charge in [-0.25, -0.2) is 0 Å². The molecule has 5 rings (SSSR count). The third-order valence-electron chi connectivity index (χ3n) is 9.47. The second-order valence-corrected chi connectivity index (χ2v) is 12.1. The standard InChI is InChI=1S/C32H37F6NO3/c1-4-26(24-18-23(31(33,34)35)9-10-25(24)32(36,37)38)39-15-13-30(14-16-39)12-11-20-5-8-22(17-27(20)42-30)28(21-6-7-21)19(2)29(40)41-3/h5,8-10,17-19,21,26,28H,4,6-7,11-16H2,1-3H3/t19-,26+,28-/m0/s1. The molecule has 2 aromatic carbocycles. The van der Waals surface area contributed by atoms with E-state index in [2.05, 4.69) is 12.1 Å². The molecule has 0 bridgehead atoms. The fraction of sp³-hybridized carbons (Fsp3) is 0.594. The predicted octanol–water partition coefficient (Wildman–Crippen LogP) is 8.34. The van der Waals surface area contributed by atoms with E-state index >= 15 is 0 Å². The van der Waals surface area contributed by atoms with Crippen molar-refractivity contribution >= 4 is 5.97 Å². The molecule has 0 N–H and O–H groups in total. The molecule has 2 fully saturated rings. The molecule has 3 aliphatic rings.